The van der Waals surface area contributed by atoms with E-state index in [2.05, 4.69) is 6.92 Å². The summed E-state index contributed by atoms with van der Waals surface area (Å²) in [5, 5.41) is 66.9. The summed E-state index contributed by atoms with van der Waals surface area (Å²) in [4.78, 5) is 11.9. The van der Waals surface area contributed by atoms with Gasteiger partial charge in [-0.25, -0.2) is 4.79 Å². The van der Waals surface area contributed by atoms with Crippen LogP contribution in [0.15, 0.2) is 11.6 Å². The Kier molecular flexibility index (Phi) is 11.1. The van der Waals surface area contributed by atoms with Crippen LogP contribution in [0, 0.1) is 34.5 Å². The molecule has 0 amide bonds. The summed E-state index contributed by atoms with van der Waals surface area (Å²) in [5.41, 5.74) is -0.892. The number of hydrogen-bond donors (Lipinski definition) is 6. The van der Waals surface area contributed by atoms with E-state index in [0.29, 0.717) is 18.8 Å². The van der Waals surface area contributed by atoms with Gasteiger partial charge in [-0.15, -0.1) is 0 Å². The Hall–Kier alpha value is -1.27. The van der Waals surface area contributed by atoms with Crippen LogP contribution < -0.4 is 0 Å². The maximum atomic E-state index is 12.6. The molecule has 14 heteroatoms. The molecule has 0 aromatic carbocycles. The van der Waals surface area contributed by atoms with Crippen molar-refractivity contribution in [2.75, 3.05) is 6.61 Å². The van der Waals surface area contributed by atoms with Crippen molar-refractivity contribution in [1.29, 1.82) is 0 Å². The van der Waals surface area contributed by atoms with E-state index < -0.39 is 90.9 Å². The van der Waals surface area contributed by atoms with Gasteiger partial charge in [0.25, 0.3) is 0 Å². The highest BCUT2D eigenvalue weighted by Crippen LogP contribution is 2.70. The van der Waals surface area contributed by atoms with Crippen molar-refractivity contribution >= 4 is 5.97 Å². The molecule has 21 atom stereocenters. The molecule has 8 aliphatic rings. The molecule has 6 N–H and O–H groups in total. The molecule has 4 aliphatic heterocycles. The normalized spacial score (nSPS) is 55.5. The van der Waals surface area contributed by atoms with Gasteiger partial charge < -0.3 is 63.8 Å². The van der Waals surface area contributed by atoms with E-state index in [4.69, 9.17) is 33.2 Å². The number of fused-ring (bicyclic) bond motifs is 5. The highest BCUT2D eigenvalue weighted by atomic mass is 16.7. The fourth-order valence-electron chi connectivity index (χ4n) is 12.8. The summed E-state index contributed by atoms with van der Waals surface area (Å²) >= 11 is 0. The predicted molar refractivity (Wildman–Crippen MR) is 193 cm³/mol. The average Bonchev–Trinajstić information content (AvgIpc) is 3.67. The molecule has 55 heavy (non-hydrogen) atoms. The van der Waals surface area contributed by atoms with Crippen molar-refractivity contribution in [1.82, 2.24) is 0 Å². The summed E-state index contributed by atoms with van der Waals surface area (Å²) in [6.45, 7) is 9.90. The Morgan fingerprint density at radius 1 is 0.691 bits per heavy atom. The first kappa shape index (κ1) is 40.5. The zero-order valence-corrected chi connectivity index (χ0v) is 32.9. The van der Waals surface area contributed by atoms with E-state index in [0.717, 1.165) is 44.1 Å². The van der Waals surface area contributed by atoms with Crippen molar-refractivity contribution in [3.63, 3.8) is 0 Å². The molecule has 0 aromatic rings. The maximum Gasteiger partial charge on any atom is 0.331 e. The Morgan fingerprint density at radius 2 is 1.29 bits per heavy atom. The summed E-state index contributed by atoms with van der Waals surface area (Å²) < 4.78 is 42.1. The first-order chi connectivity index (χ1) is 26.0. The molecule has 0 radical (unpaired) electrons. The van der Waals surface area contributed by atoms with Crippen LogP contribution in [0.4, 0.5) is 0 Å². The standard InChI is InChI=1S/C41H64O14/c1-19-36(47)28(42)15-34(50-19)54-38-21(3)52-35(17-30(38)44)55-37-20(2)51-33(16-29(37)43)53-24-8-10-39(4)23(13-24)6-7-26-27(39)14-31(45)40(5)25(9-11-41(26,40)48)22-12-32(46)49-18-22/h12,19-21,23-31,33-38,42-45,47-48H,6-11,13-18H2,1-5H3/t19-,20-,21-,23-,24+,25-,26-,27+,28+,29+,30+,31-,33+,34+,35-,36-,37-,38+,39+,40+,41+/m1/s1. The molecule has 8 rings (SSSR count). The lowest BCUT2D eigenvalue weighted by Gasteiger charge is -2.65. The molecule has 0 bridgehead atoms. The molecule has 14 nitrogen and oxygen atoms in total. The highest BCUT2D eigenvalue weighted by Gasteiger charge is 2.71. The number of esters is 1. The molecule has 0 spiro atoms. The van der Waals surface area contributed by atoms with Crippen molar-refractivity contribution in [2.45, 2.75) is 197 Å². The molecule has 3 saturated heterocycles. The minimum Gasteiger partial charge on any atom is -0.458 e. The minimum atomic E-state index is -1.01. The Labute approximate surface area is 323 Å². The third-order valence-corrected chi connectivity index (χ3v) is 16.0. The van der Waals surface area contributed by atoms with E-state index in [1.54, 1.807) is 19.9 Å². The summed E-state index contributed by atoms with van der Waals surface area (Å²) in [7, 11) is 0. The van der Waals surface area contributed by atoms with Gasteiger partial charge in [0, 0.05) is 30.8 Å². The zero-order chi connectivity index (χ0) is 39.2. The molecule has 4 saturated carbocycles. The molecular formula is C41H64O14. The van der Waals surface area contributed by atoms with Gasteiger partial charge in [0.1, 0.15) is 24.9 Å². The Balaban J connectivity index is 0.837. The lowest BCUT2D eigenvalue weighted by Crippen LogP contribution is -2.67. The van der Waals surface area contributed by atoms with Crippen LogP contribution in [0.1, 0.15) is 105 Å². The number of carbonyl (C=O) groups excluding carboxylic acids is 1. The van der Waals surface area contributed by atoms with Gasteiger partial charge in [0.05, 0.1) is 54.4 Å². The predicted octanol–water partition coefficient (Wildman–Crippen LogP) is 2.22. The van der Waals surface area contributed by atoms with Gasteiger partial charge in [-0.1, -0.05) is 13.8 Å². The lowest BCUT2D eigenvalue weighted by atomic mass is 9.42. The van der Waals surface area contributed by atoms with Crippen LogP contribution in [0.5, 0.6) is 0 Å². The smallest absolute Gasteiger partial charge is 0.331 e. The quantitative estimate of drug-likeness (QED) is 0.162. The van der Waals surface area contributed by atoms with Crippen LogP contribution in [-0.4, -0.2) is 135 Å². The van der Waals surface area contributed by atoms with Gasteiger partial charge >= 0.3 is 5.97 Å². The first-order valence-electron chi connectivity index (χ1n) is 20.9. The van der Waals surface area contributed by atoms with Crippen LogP contribution in [-0.2, 0) is 38.0 Å². The van der Waals surface area contributed by atoms with E-state index in [1.165, 1.54) is 0 Å². The second-order valence-electron chi connectivity index (χ2n) is 18.8. The summed E-state index contributed by atoms with van der Waals surface area (Å²) in [5.74, 6) is 0.204. The largest absolute Gasteiger partial charge is 0.458 e. The number of aliphatic hydroxyl groups is 6. The first-order valence-corrected chi connectivity index (χ1v) is 20.9. The van der Waals surface area contributed by atoms with Crippen LogP contribution >= 0.6 is 0 Å². The van der Waals surface area contributed by atoms with E-state index in [1.807, 2.05) is 13.8 Å². The van der Waals surface area contributed by atoms with E-state index in [9.17, 15) is 35.4 Å². The van der Waals surface area contributed by atoms with E-state index in [-0.39, 0.29) is 61.1 Å². The molecule has 312 valence electrons. The zero-order valence-electron chi connectivity index (χ0n) is 32.9. The number of hydrogen-bond acceptors (Lipinski definition) is 14. The number of aliphatic hydroxyl groups excluding tert-OH is 5. The number of cyclic esters (lactones) is 1. The van der Waals surface area contributed by atoms with Crippen molar-refractivity contribution in [2.24, 2.45) is 34.5 Å². The molecular weight excluding hydrogens is 716 g/mol. The number of carbonyl (C=O) groups is 1. The third kappa shape index (κ3) is 6.95. The van der Waals surface area contributed by atoms with Gasteiger partial charge in [-0.05, 0) is 107 Å². The third-order valence-electron chi connectivity index (χ3n) is 16.0. The molecule has 4 heterocycles. The second-order valence-corrected chi connectivity index (χ2v) is 18.8. The van der Waals surface area contributed by atoms with Gasteiger partial charge in [0.2, 0.25) is 0 Å². The average molecular weight is 781 g/mol. The Bertz CT molecular complexity index is 1410. The fourth-order valence-corrected chi connectivity index (χ4v) is 12.8. The number of rotatable bonds is 7. The fraction of sp³-hybridized carbons (Fsp3) is 0.927. The van der Waals surface area contributed by atoms with Crippen LogP contribution in [0.2, 0.25) is 0 Å². The van der Waals surface area contributed by atoms with Crippen molar-refractivity contribution < 1.29 is 68.6 Å². The number of ether oxygens (including phenoxy) is 7. The molecule has 7 fully saturated rings. The molecule has 4 aliphatic carbocycles. The second kappa shape index (κ2) is 15.1. The lowest BCUT2D eigenvalue weighted by molar-refractivity contribution is -0.336. The van der Waals surface area contributed by atoms with E-state index >= 15 is 0 Å². The monoisotopic (exact) mass is 780 g/mol. The topological polar surface area (TPSA) is 203 Å². The maximum absolute atomic E-state index is 12.6. The minimum absolute atomic E-state index is 0.0452. The van der Waals surface area contributed by atoms with Gasteiger partial charge in [-0.2, -0.15) is 0 Å². The summed E-state index contributed by atoms with van der Waals surface area (Å²) in [6.07, 6.45) is -1.51. The summed E-state index contributed by atoms with van der Waals surface area (Å²) in [6, 6.07) is 0. The van der Waals surface area contributed by atoms with Gasteiger partial charge in [-0.3, -0.25) is 0 Å². The SMILES string of the molecule is C[C@H]1O[C@@H](O[C@@H]2[C@@H](O)C[C@@H](O[C@H]3[C@@H](O)C[C@H](O[C@H]4CC[C@@]5(C)[C@H](CC[C@@H]6[C@@H]5C[C@@H](O)[C@]5(C)[C@@H](C7=CC(=O)OC7)CC[C@]65O)C4)O[C@@H]3C)O[C@@H]2C)C[C@H](O)[C@@H]1O. The van der Waals surface area contributed by atoms with Crippen molar-refractivity contribution in [3.8, 4) is 0 Å². The van der Waals surface area contributed by atoms with Crippen LogP contribution in [0.25, 0.3) is 0 Å². The van der Waals surface area contributed by atoms with Crippen molar-refractivity contribution in [3.05, 3.63) is 11.6 Å². The molecule has 0 unspecified atom stereocenters. The van der Waals surface area contributed by atoms with Gasteiger partial charge in [0.15, 0.2) is 18.9 Å². The Morgan fingerprint density at radius 3 is 1.87 bits per heavy atom. The molecule has 0 aromatic heterocycles. The highest BCUT2D eigenvalue weighted by molar-refractivity contribution is 5.85. The van der Waals surface area contributed by atoms with Crippen LogP contribution in [0.3, 0.4) is 0 Å².